The van der Waals surface area contributed by atoms with Crippen LogP contribution in [0, 0.1) is 10.8 Å². The Morgan fingerprint density at radius 1 is 0.635 bits per heavy atom. The van der Waals surface area contributed by atoms with E-state index in [9.17, 15) is 31.5 Å². The monoisotopic (exact) mass is 1130 g/mol. The highest BCUT2D eigenvalue weighted by Gasteiger charge is 2.55. The molecule has 2 aliphatic rings. The van der Waals surface area contributed by atoms with Crippen LogP contribution in [0.3, 0.4) is 0 Å². The summed E-state index contributed by atoms with van der Waals surface area (Å²) in [5.74, 6) is -5.63. The minimum Gasteiger partial charge on any atom is -0.393 e. The van der Waals surface area contributed by atoms with Crippen molar-refractivity contribution in [2.24, 2.45) is 10.8 Å². The van der Waals surface area contributed by atoms with Crippen molar-refractivity contribution in [1.82, 2.24) is 9.80 Å². The molecule has 4 aromatic carbocycles. The van der Waals surface area contributed by atoms with Crippen LogP contribution >= 0.6 is 46.4 Å². The van der Waals surface area contributed by atoms with Crippen LogP contribution in [-0.2, 0) is 43.6 Å². The summed E-state index contributed by atoms with van der Waals surface area (Å²) in [4.78, 5) is 62.8. The molecule has 2 aliphatic heterocycles. The van der Waals surface area contributed by atoms with Gasteiger partial charge in [0.15, 0.2) is 19.7 Å². The normalized spacial score (nSPS) is 24.1. The van der Waals surface area contributed by atoms with Gasteiger partial charge in [-0.15, -0.1) is 0 Å². The van der Waals surface area contributed by atoms with Crippen LogP contribution in [0.2, 0.25) is 20.1 Å². The van der Waals surface area contributed by atoms with Crippen molar-refractivity contribution in [3.63, 3.8) is 0 Å². The Balaban J connectivity index is 1.38. The molecule has 9 atom stereocenters. The highest BCUT2D eigenvalue weighted by Crippen LogP contribution is 2.54. The fourth-order valence-electron chi connectivity index (χ4n) is 11.1. The Morgan fingerprint density at radius 2 is 1.03 bits per heavy atom. The van der Waals surface area contributed by atoms with Crippen molar-refractivity contribution in [3.8, 4) is 0 Å². The van der Waals surface area contributed by atoms with Crippen LogP contribution in [0.15, 0.2) is 97.1 Å². The zero-order chi connectivity index (χ0) is 54.7. The number of likely N-dealkylation sites (tertiary alicyclic amines) is 2. The number of esters is 2. The number of benzene rings is 4. The van der Waals surface area contributed by atoms with Gasteiger partial charge in [0.1, 0.15) is 0 Å². The lowest BCUT2D eigenvalue weighted by atomic mass is 9.67. The quantitative estimate of drug-likeness (QED) is 0.0663. The molecule has 0 spiro atoms. The third-order valence-electron chi connectivity index (χ3n) is 14.8. The molecule has 0 aromatic heterocycles. The second-order valence-electron chi connectivity index (χ2n) is 21.5. The molecule has 0 radical (unpaired) electrons. The van der Waals surface area contributed by atoms with Crippen molar-refractivity contribution in [3.05, 3.63) is 139 Å². The predicted octanol–water partition coefficient (Wildman–Crippen LogP) is 11.9. The largest absolute Gasteiger partial charge is 0.393 e. The van der Waals surface area contributed by atoms with Gasteiger partial charge in [-0.05, 0) is 124 Å². The van der Waals surface area contributed by atoms with E-state index >= 15 is 9.59 Å². The van der Waals surface area contributed by atoms with E-state index in [1.54, 1.807) is 124 Å². The average Bonchev–Trinajstić information content (AvgIpc) is 3.31. The number of sulfone groups is 2. The first-order valence-electron chi connectivity index (χ1n) is 25.1. The molecule has 2 heterocycles. The van der Waals surface area contributed by atoms with Crippen molar-refractivity contribution < 1.29 is 45.9 Å². The number of hydrogen-bond donors (Lipinski definition) is 1. The van der Waals surface area contributed by atoms with Gasteiger partial charge in [0, 0.05) is 44.0 Å². The second kappa shape index (κ2) is 23.7. The maximum Gasteiger partial charge on any atom is 0.314 e. The van der Waals surface area contributed by atoms with E-state index in [1.807, 2.05) is 19.1 Å². The van der Waals surface area contributed by atoms with E-state index in [2.05, 4.69) is 0 Å². The molecule has 74 heavy (non-hydrogen) atoms. The lowest BCUT2D eigenvalue weighted by Gasteiger charge is -2.52. The first-order chi connectivity index (χ1) is 34.5. The van der Waals surface area contributed by atoms with Crippen LogP contribution < -0.4 is 0 Å². The topological polar surface area (TPSA) is 172 Å². The molecule has 9 unspecified atom stereocenters. The number of carbonyl (C=O) groups excluding carboxylic acids is 4. The van der Waals surface area contributed by atoms with Gasteiger partial charge in [-0.1, -0.05) is 130 Å². The third kappa shape index (κ3) is 13.9. The molecule has 4 aromatic rings. The minimum atomic E-state index is -3.99. The SMILES string of the molecule is CCC(CS(=O)(=O)CC(C)(C)O)N1C(=O)C(C)(CC(=O)OC(=O)CC2(C)CC(c3cccc(Cl)c3)C(c3ccc(Cl)cc3)N(C(CC)CS(=O)(=O)C(C)CC)C2=O)CC(c2cccc(Cl)c2)C1c1ccc(Cl)cc1. The molecule has 18 heteroatoms. The molecule has 402 valence electrons. The summed E-state index contributed by atoms with van der Waals surface area (Å²) < 4.78 is 61.0. The highest BCUT2D eigenvalue weighted by molar-refractivity contribution is 7.92. The van der Waals surface area contributed by atoms with Gasteiger partial charge in [-0.25, -0.2) is 16.8 Å². The Kier molecular flexibility index (Phi) is 19.0. The number of rotatable bonds is 20. The number of piperidine rings is 2. The summed E-state index contributed by atoms with van der Waals surface area (Å²) >= 11 is 25.9. The Labute approximate surface area is 457 Å². The lowest BCUT2D eigenvalue weighted by molar-refractivity contribution is -0.172. The van der Waals surface area contributed by atoms with E-state index in [1.165, 1.54) is 18.7 Å². The summed E-state index contributed by atoms with van der Waals surface area (Å²) in [6.45, 7) is 13.0. The molecule has 2 amide bonds. The molecule has 12 nitrogen and oxygen atoms in total. The fourth-order valence-corrected chi connectivity index (χ4v) is 15.7. The summed E-state index contributed by atoms with van der Waals surface area (Å²) in [6.07, 6.45) is -0.252. The van der Waals surface area contributed by atoms with Gasteiger partial charge >= 0.3 is 11.9 Å². The number of carbonyl (C=O) groups is 4. The Morgan fingerprint density at radius 3 is 1.38 bits per heavy atom. The Bertz CT molecular complexity index is 2920. The summed E-state index contributed by atoms with van der Waals surface area (Å²) in [6, 6.07) is 24.9. The smallest absolute Gasteiger partial charge is 0.314 e. The van der Waals surface area contributed by atoms with Gasteiger partial charge < -0.3 is 19.6 Å². The molecule has 0 saturated carbocycles. The maximum absolute atomic E-state index is 15.4. The van der Waals surface area contributed by atoms with E-state index in [0.717, 1.165) is 5.56 Å². The summed E-state index contributed by atoms with van der Waals surface area (Å²) in [5, 5.41) is 11.7. The van der Waals surface area contributed by atoms with Crippen LogP contribution in [-0.4, -0.2) is 95.7 Å². The van der Waals surface area contributed by atoms with Gasteiger partial charge in [-0.2, -0.15) is 0 Å². The molecule has 2 fully saturated rings. The van der Waals surface area contributed by atoms with E-state index in [-0.39, 0.29) is 31.4 Å². The van der Waals surface area contributed by atoms with Gasteiger partial charge in [0.25, 0.3) is 0 Å². The third-order valence-corrected chi connectivity index (χ3v) is 20.3. The van der Waals surface area contributed by atoms with Gasteiger partial charge in [0.2, 0.25) is 11.8 Å². The molecule has 2 saturated heterocycles. The van der Waals surface area contributed by atoms with Gasteiger partial charge in [0.05, 0.1) is 63.9 Å². The average molecular weight is 1140 g/mol. The molecular formula is C56H68Cl4N2O10S2. The Hall–Kier alpha value is -4.02. The number of halogens is 4. The second-order valence-corrected chi connectivity index (χ2v) is 27.8. The fraction of sp³-hybridized carbons (Fsp3) is 0.500. The van der Waals surface area contributed by atoms with Crippen LogP contribution in [0.4, 0.5) is 0 Å². The van der Waals surface area contributed by atoms with Crippen molar-refractivity contribution in [2.45, 2.75) is 147 Å². The summed E-state index contributed by atoms with van der Waals surface area (Å²) in [5.41, 5.74) is -1.90. The molecule has 0 bridgehead atoms. The zero-order valence-electron chi connectivity index (χ0n) is 43.2. The molecule has 6 rings (SSSR count). The van der Waals surface area contributed by atoms with Crippen LogP contribution in [0.5, 0.6) is 0 Å². The standard InChI is InChI=1S/C56H68Cl4N2O10S2/c1-9-35(4)74(70,71)33-45(11-3)62-51(37-20-24-41(58)25-21-37)47(39-15-13-17-43(60)27-39)29-56(8,53(62)66)31-49(64)72-48(63)30-55(7)28-46(38-14-12-16-42(59)26-38)50(36-18-22-40(57)23-19-36)61(52(55)65)44(10-2)32-73(68,69)34-54(5,6)67/h12-27,35,44-47,50-51,67H,9-11,28-34H2,1-8H3. The minimum absolute atomic E-state index is 0.0443. The first kappa shape index (κ1) is 59.2. The number of amides is 2. The highest BCUT2D eigenvalue weighted by atomic mass is 35.5. The summed E-state index contributed by atoms with van der Waals surface area (Å²) in [7, 11) is -7.72. The number of ether oxygens (including phenoxy) is 1. The number of nitrogens with zero attached hydrogens (tertiary/aromatic N) is 2. The van der Waals surface area contributed by atoms with Crippen LogP contribution in [0.25, 0.3) is 0 Å². The predicted molar refractivity (Wildman–Crippen MR) is 293 cm³/mol. The van der Waals surface area contributed by atoms with Crippen molar-refractivity contribution in [2.75, 3.05) is 17.3 Å². The van der Waals surface area contributed by atoms with E-state index in [0.29, 0.717) is 43.2 Å². The molecule has 1 N–H and O–H groups in total. The van der Waals surface area contributed by atoms with E-state index < -0.39 is 125 Å². The zero-order valence-corrected chi connectivity index (χ0v) is 47.9. The first-order valence-corrected chi connectivity index (χ1v) is 30.1. The van der Waals surface area contributed by atoms with Crippen LogP contribution in [0.1, 0.15) is 147 Å². The van der Waals surface area contributed by atoms with E-state index in [4.69, 9.17) is 51.1 Å². The van der Waals surface area contributed by atoms with Crippen molar-refractivity contribution in [1.29, 1.82) is 0 Å². The number of aliphatic hydroxyl groups is 1. The number of hydrogen-bond acceptors (Lipinski definition) is 10. The van der Waals surface area contributed by atoms with Crippen molar-refractivity contribution >= 4 is 89.8 Å². The molecular weight excluding hydrogens is 1070 g/mol. The lowest BCUT2D eigenvalue weighted by Crippen LogP contribution is -2.58. The molecule has 0 aliphatic carbocycles. The van der Waals surface area contributed by atoms with Gasteiger partial charge in [-0.3, -0.25) is 19.2 Å². The maximum atomic E-state index is 15.4.